The first-order valence-electron chi connectivity index (χ1n) is 6.68. The van der Waals surface area contributed by atoms with Crippen molar-refractivity contribution >= 4 is 0 Å². The molecule has 0 spiro atoms. The fourth-order valence-corrected chi connectivity index (χ4v) is 3.14. The van der Waals surface area contributed by atoms with E-state index in [1.807, 2.05) is 0 Å². The van der Waals surface area contributed by atoms with Gasteiger partial charge in [0.15, 0.2) is 0 Å². The van der Waals surface area contributed by atoms with Crippen molar-refractivity contribution in [2.45, 2.75) is 38.9 Å². The normalized spacial score (nSPS) is 27.0. The fourth-order valence-electron chi connectivity index (χ4n) is 3.14. The van der Waals surface area contributed by atoms with Crippen LogP contribution >= 0.6 is 0 Å². The van der Waals surface area contributed by atoms with E-state index >= 15 is 0 Å². The van der Waals surface area contributed by atoms with Crippen LogP contribution in [0.25, 0.3) is 0 Å². The van der Waals surface area contributed by atoms with Gasteiger partial charge in [-0.25, -0.2) is 0 Å². The summed E-state index contributed by atoms with van der Waals surface area (Å²) in [6.07, 6.45) is 1.56. The predicted octanol–water partition coefficient (Wildman–Crippen LogP) is 2.47. The van der Waals surface area contributed by atoms with Crippen LogP contribution in [-0.4, -0.2) is 19.2 Å². The van der Waals surface area contributed by atoms with Crippen LogP contribution in [0.5, 0.6) is 0 Å². The second-order valence-corrected chi connectivity index (χ2v) is 5.70. The third kappa shape index (κ3) is 2.00. The molecule has 3 rings (SSSR count). The summed E-state index contributed by atoms with van der Waals surface area (Å²) >= 11 is 0. The highest BCUT2D eigenvalue weighted by atomic mass is 16.5. The average Bonchev–Trinajstić information content (AvgIpc) is 2.76. The van der Waals surface area contributed by atoms with Crippen molar-refractivity contribution in [3.8, 4) is 0 Å². The van der Waals surface area contributed by atoms with Crippen molar-refractivity contribution in [3.05, 3.63) is 34.9 Å². The van der Waals surface area contributed by atoms with Crippen molar-refractivity contribution in [2.24, 2.45) is 5.92 Å². The quantitative estimate of drug-likeness (QED) is 0.844. The smallest absolute Gasteiger partial charge is 0.0784 e. The largest absolute Gasteiger partial charge is 0.372 e. The number of ether oxygens (including phenoxy) is 1. The molecule has 0 radical (unpaired) electrons. The molecule has 1 saturated heterocycles. The number of benzene rings is 1. The fraction of sp³-hybridized carbons (Fsp3) is 0.600. The molecular formula is C15H21NO. The summed E-state index contributed by atoms with van der Waals surface area (Å²) in [7, 11) is 0. The highest BCUT2D eigenvalue weighted by Crippen LogP contribution is 2.35. The Morgan fingerprint density at radius 3 is 3.06 bits per heavy atom. The number of nitrogens with one attached hydrogen (secondary N) is 1. The second-order valence-electron chi connectivity index (χ2n) is 5.70. The van der Waals surface area contributed by atoms with E-state index in [1.165, 1.54) is 16.7 Å². The van der Waals surface area contributed by atoms with Gasteiger partial charge >= 0.3 is 0 Å². The number of rotatable bonds is 2. The lowest BCUT2D eigenvalue weighted by Crippen LogP contribution is -2.27. The topological polar surface area (TPSA) is 21.3 Å². The Bertz CT molecular complexity index is 413. The molecule has 2 atom stereocenters. The minimum Gasteiger partial charge on any atom is -0.372 e. The van der Waals surface area contributed by atoms with Crippen LogP contribution < -0.4 is 5.32 Å². The van der Waals surface area contributed by atoms with Crippen molar-refractivity contribution in [1.29, 1.82) is 0 Å². The van der Waals surface area contributed by atoms with E-state index in [2.05, 4.69) is 37.4 Å². The molecule has 2 heteroatoms. The van der Waals surface area contributed by atoms with E-state index in [-0.39, 0.29) is 0 Å². The molecule has 0 aliphatic carbocycles. The Balaban J connectivity index is 1.97. The molecule has 2 heterocycles. The van der Waals surface area contributed by atoms with Gasteiger partial charge in [0.2, 0.25) is 0 Å². The molecule has 0 unspecified atom stereocenters. The van der Waals surface area contributed by atoms with Gasteiger partial charge in [-0.1, -0.05) is 32.0 Å². The highest BCUT2D eigenvalue weighted by Gasteiger charge is 2.34. The molecule has 1 aromatic carbocycles. The van der Waals surface area contributed by atoms with E-state index in [0.29, 0.717) is 17.9 Å². The molecule has 1 N–H and O–H groups in total. The molecule has 2 aliphatic heterocycles. The summed E-state index contributed by atoms with van der Waals surface area (Å²) in [6.45, 7) is 7.45. The first-order valence-corrected chi connectivity index (χ1v) is 6.68. The minimum absolute atomic E-state index is 0.400. The number of hydrogen-bond acceptors (Lipinski definition) is 2. The third-order valence-electron chi connectivity index (χ3n) is 3.94. The van der Waals surface area contributed by atoms with Gasteiger partial charge in [-0.2, -0.15) is 0 Å². The van der Waals surface area contributed by atoms with Crippen molar-refractivity contribution in [3.63, 3.8) is 0 Å². The lowest BCUT2D eigenvalue weighted by molar-refractivity contribution is 0.0293. The van der Waals surface area contributed by atoms with Crippen LogP contribution in [0.4, 0.5) is 0 Å². The van der Waals surface area contributed by atoms with Crippen LogP contribution in [0.15, 0.2) is 18.2 Å². The summed E-state index contributed by atoms with van der Waals surface area (Å²) in [5.41, 5.74) is 4.48. The number of hydrogen-bond donors (Lipinski definition) is 1. The van der Waals surface area contributed by atoms with Gasteiger partial charge in [-0.05, 0) is 29.0 Å². The summed E-state index contributed by atoms with van der Waals surface area (Å²) in [5, 5.41) is 3.44. The minimum atomic E-state index is 0.400. The number of fused-ring (bicyclic) bond motifs is 3. The highest BCUT2D eigenvalue weighted by molar-refractivity contribution is 5.40. The SMILES string of the molecule is CC(C)Cc1cccc2c1CO[C@H]1CNC[C@@H]21. The van der Waals surface area contributed by atoms with Crippen LogP contribution in [0, 0.1) is 5.92 Å². The monoisotopic (exact) mass is 231 g/mol. The van der Waals surface area contributed by atoms with E-state index in [9.17, 15) is 0 Å². The Labute approximate surface area is 103 Å². The molecule has 1 aromatic rings. The summed E-state index contributed by atoms with van der Waals surface area (Å²) in [4.78, 5) is 0. The van der Waals surface area contributed by atoms with Crippen LogP contribution in [0.1, 0.15) is 36.5 Å². The average molecular weight is 231 g/mol. The molecule has 1 fully saturated rings. The zero-order valence-electron chi connectivity index (χ0n) is 10.7. The Kier molecular flexibility index (Phi) is 2.93. The van der Waals surface area contributed by atoms with Crippen LogP contribution in [-0.2, 0) is 17.8 Å². The van der Waals surface area contributed by atoms with E-state index in [0.717, 1.165) is 26.1 Å². The Morgan fingerprint density at radius 1 is 1.35 bits per heavy atom. The van der Waals surface area contributed by atoms with Crippen molar-refractivity contribution < 1.29 is 4.74 Å². The molecule has 2 nitrogen and oxygen atoms in total. The van der Waals surface area contributed by atoms with Gasteiger partial charge < -0.3 is 10.1 Å². The van der Waals surface area contributed by atoms with E-state index in [1.54, 1.807) is 0 Å². The standard InChI is InChI=1S/C15H21NO/c1-10(2)6-11-4-3-5-12-13-7-16-8-15(13)17-9-14(11)12/h3-5,10,13,15-16H,6-9H2,1-2H3/t13-,15-/m0/s1. The second kappa shape index (κ2) is 4.43. The van der Waals surface area contributed by atoms with Gasteiger partial charge in [0.05, 0.1) is 12.7 Å². The lowest BCUT2D eigenvalue weighted by Gasteiger charge is -2.30. The molecular weight excluding hydrogens is 210 g/mol. The third-order valence-corrected chi connectivity index (χ3v) is 3.94. The van der Waals surface area contributed by atoms with Crippen molar-refractivity contribution in [2.75, 3.05) is 13.1 Å². The van der Waals surface area contributed by atoms with Crippen LogP contribution in [0.2, 0.25) is 0 Å². The molecule has 92 valence electrons. The zero-order chi connectivity index (χ0) is 11.8. The molecule has 0 aromatic heterocycles. The zero-order valence-corrected chi connectivity index (χ0v) is 10.7. The maximum absolute atomic E-state index is 5.99. The lowest BCUT2D eigenvalue weighted by atomic mass is 9.85. The first kappa shape index (κ1) is 11.2. The van der Waals surface area contributed by atoms with E-state index < -0.39 is 0 Å². The Hall–Kier alpha value is -0.860. The van der Waals surface area contributed by atoms with Gasteiger partial charge in [-0.3, -0.25) is 0 Å². The van der Waals surface area contributed by atoms with E-state index in [4.69, 9.17) is 4.74 Å². The maximum Gasteiger partial charge on any atom is 0.0784 e. The summed E-state index contributed by atoms with van der Waals surface area (Å²) in [6, 6.07) is 6.79. The molecule has 2 aliphatic rings. The predicted molar refractivity (Wildman–Crippen MR) is 69.2 cm³/mol. The molecule has 17 heavy (non-hydrogen) atoms. The first-order chi connectivity index (χ1) is 8.25. The maximum atomic E-state index is 5.99. The van der Waals surface area contributed by atoms with Crippen molar-refractivity contribution in [1.82, 2.24) is 5.32 Å². The van der Waals surface area contributed by atoms with Gasteiger partial charge in [0, 0.05) is 19.0 Å². The molecule has 0 saturated carbocycles. The summed E-state index contributed by atoms with van der Waals surface area (Å²) < 4.78 is 5.99. The molecule has 0 amide bonds. The molecule has 0 bridgehead atoms. The summed E-state index contributed by atoms with van der Waals surface area (Å²) in [5.74, 6) is 1.28. The van der Waals surface area contributed by atoms with Crippen LogP contribution in [0.3, 0.4) is 0 Å². The van der Waals surface area contributed by atoms with Gasteiger partial charge in [0.25, 0.3) is 0 Å². The van der Waals surface area contributed by atoms with Gasteiger partial charge in [0.1, 0.15) is 0 Å². The Morgan fingerprint density at radius 2 is 2.24 bits per heavy atom. The van der Waals surface area contributed by atoms with Gasteiger partial charge in [-0.15, -0.1) is 0 Å².